The van der Waals surface area contributed by atoms with Crippen LogP contribution in [0.2, 0.25) is 0 Å². The minimum absolute atomic E-state index is 0.00294. The van der Waals surface area contributed by atoms with Crippen LogP contribution in [0, 0.1) is 23.2 Å². The van der Waals surface area contributed by atoms with Crippen LogP contribution in [0.3, 0.4) is 0 Å². The number of amides is 2. The number of aromatic carboxylic acids is 1. The van der Waals surface area contributed by atoms with Gasteiger partial charge in [-0.3, -0.25) is 14.5 Å². The Morgan fingerprint density at radius 3 is 2.38 bits per heavy atom. The van der Waals surface area contributed by atoms with Crippen molar-refractivity contribution in [1.82, 2.24) is 4.90 Å². The molecule has 2 N–H and O–H groups in total. The van der Waals surface area contributed by atoms with E-state index in [1.807, 2.05) is 20.8 Å². The molecule has 7 nitrogen and oxygen atoms in total. The fourth-order valence-corrected chi connectivity index (χ4v) is 4.62. The van der Waals surface area contributed by atoms with Crippen molar-refractivity contribution in [1.29, 1.82) is 0 Å². The van der Waals surface area contributed by atoms with Crippen molar-refractivity contribution < 1.29 is 24.6 Å². The van der Waals surface area contributed by atoms with E-state index in [2.05, 4.69) is 11.8 Å². The van der Waals surface area contributed by atoms with E-state index in [0.717, 1.165) is 43.4 Å². The minimum Gasteiger partial charge on any atom is -0.477 e. The van der Waals surface area contributed by atoms with Crippen LogP contribution in [0.25, 0.3) is 0 Å². The van der Waals surface area contributed by atoms with Gasteiger partial charge in [-0.2, -0.15) is 0 Å². The van der Waals surface area contributed by atoms with E-state index >= 15 is 0 Å². The SMILES string of the molecule is C[C@@H](C(=O)N(C)CCO)N(C(=O)C1CCCCC1)c1cc(C#CC(C)(C)C)sc1C(=O)O. The molecular formula is C24H34N2O5S. The van der Waals surface area contributed by atoms with Gasteiger partial charge in [0.05, 0.1) is 17.2 Å². The van der Waals surface area contributed by atoms with E-state index in [4.69, 9.17) is 0 Å². The molecule has 1 heterocycles. The molecule has 1 saturated carbocycles. The predicted octanol–water partition coefficient (Wildman–Crippen LogP) is 3.60. The van der Waals surface area contributed by atoms with Crippen LogP contribution in [0.15, 0.2) is 6.07 Å². The number of hydrogen-bond donors (Lipinski definition) is 2. The molecule has 32 heavy (non-hydrogen) atoms. The molecule has 176 valence electrons. The highest BCUT2D eigenvalue weighted by atomic mass is 32.1. The highest BCUT2D eigenvalue weighted by molar-refractivity contribution is 7.15. The lowest BCUT2D eigenvalue weighted by Gasteiger charge is -2.34. The molecule has 1 fully saturated rings. The van der Waals surface area contributed by atoms with Gasteiger partial charge in [-0.1, -0.05) is 31.1 Å². The molecule has 0 unspecified atom stereocenters. The molecule has 8 heteroatoms. The largest absolute Gasteiger partial charge is 0.477 e. The summed E-state index contributed by atoms with van der Waals surface area (Å²) in [4.78, 5) is 42.0. The third kappa shape index (κ3) is 6.57. The van der Waals surface area contributed by atoms with Crippen molar-refractivity contribution in [2.75, 3.05) is 25.1 Å². The highest BCUT2D eigenvalue weighted by Gasteiger charge is 2.37. The molecule has 0 aliphatic heterocycles. The van der Waals surface area contributed by atoms with Gasteiger partial charge in [-0.15, -0.1) is 11.3 Å². The summed E-state index contributed by atoms with van der Waals surface area (Å²) in [6.45, 7) is 7.43. The Hall–Kier alpha value is -2.37. The number of aliphatic hydroxyl groups is 1. The maximum Gasteiger partial charge on any atom is 0.348 e. The maximum atomic E-state index is 13.6. The molecule has 1 aromatic heterocycles. The van der Waals surface area contributed by atoms with Crippen molar-refractivity contribution in [3.8, 4) is 11.8 Å². The average molecular weight is 463 g/mol. The van der Waals surface area contributed by atoms with E-state index in [1.165, 1.54) is 9.80 Å². The summed E-state index contributed by atoms with van der Waals surface area (Å²) in [5.41, 5.74) is -0.0453. The number of thiophene rings is 1. The number of carbonyl (C=O) groups excluding carboxylic acids is 2. The predicted molar refractivity (Wildman–Crippen MR) is 126 cm³/mol. The summed E-state index contributed by atoms with van der Waals surface area (Å²) in [6, 6.07) is 0.709. The van der Waals surface area contributed by atoms with Crippen LogP contribution >= 0.6 is 11.3 Å². The van der Waals surface area contributed by atoms with Crippen LogP contribution in [0.4, 0.5) is 5.69 Å². The number of aliphatic hydroxyl groups excluding tert-OH is 1. The minimum atomic E-state index is -1.15. The van der Waals surface area contributed by atoms with E-state index in [-0.39, 0.29) is 46.9 Å². The molecule has 2 rings (SSSR count). The zero-order chi connectivity index (χ0) is 24.1. The number of hydrogen-bond acceptors (Lipinski definition) is 5. The first-order chi connectivity index (χ1) is 15.0. The van der Waals surface area contributed by atoms with Gasteiger partial charge < -0.3 is 15.1 Å². The van der Waals surface area contributed by atoms with Gasteiger partial charge in [-0.25, -0.2) is 4.79 Å². The van der Waals surface area contributed by atoms with Gasteiger partial charge in [0.15, 0.2) is 0 Å². The average Bonchev–Trinajstić information content (AvgIpc) is 3.16. The number of anilines is 1. The molecule has 1 atom stereocenters. The fraction of sp³-hybridized carbons (Fsp3) is 0.625. The van der Waals surface area contributed by atoms with Gasteiger partial charge in [0.2, 0.25) is 11.8 Å². The van der Waals surface area contributed by atoms with Gasteiger partial charge in [0.1, 0.15) is 10.9 Å². The third-order valence-corrected chi connectivity index (χ3v) is 6.50. The molecule has 0 spiro atoms. The smallest absolute Gasteiger partial charge is 0.348 e. The van der Waals surface area contributed by atoms with Gasteiger partial charge >= 0.3 is 5.97 Å². The number of rotatable bonds is 7. The van der Waals surface area contributed by atoms with E-state index in [1.54, 1.807) is 20.0 Å². The summed E-state index contributed by atoms with van der Waals surface area (Å²) in [5.74, 6) is 4.15. The van der Waals surface area contributed by atoms with Crippen molar-refractivity contribution in [2.45, 2.75) is 65.8 Å². The van der Waals surface area contributed by atoms with E-state index in [0.29, 0.717) is 4.88 Å². The Labute approximate surface area is 194 Å². The fourth-order valence-electron chi connectivity index (χ4n) is 3.78. The number of nitrogens with zero attached hydrogens (tertiary/aromatic N) is 2. The molecule has 1 aliphatic carbocycles. The molecule has 1 aliphatic rings. The highest BCUT2D eigenvalue weighted by Crippen LogP contribution is 2.35. The van der Waals surface area contributed by atoms with Gasteiger partial charge in [-0.05, 0) is 46.6 Å². The standard InChI is InChI=1S/C24H34N2O5S/c1-16(21(28)25(5)13-14-27)26(22(29)17-9-7-6-8-10-17)19-15-18(11-12-24(2,3)4)32-20(19)23(30)31/h15-17,27H,6-10,13-14H2,1-5H3,(H,30,31)/t16-/m0/s1. The Balaban J connectivity index is 2.55. The summed E-state index contributed by atoms with van der Waals surface area (Å²) in [7, 11) is 1.56. The second-order valence-electron chi connectivity index (χ2n) is 9.33. The van der Waals surface area contributed by atoms with Crippen molar-refractivity contribution in [3.05, 3.63) is 15.8 Å². The molecule has 0 aromatic carbocycles. The molecule has 0 bridgehead atoms. The van der Waals surface area contributed by atoms with Crippen LogP contribution in [-0.2, 0) is 9.59 Å². The molecule has 2 amide bonds. The number of carboxylic acids is 1. The lowest BCUT2D eigenvalue weighted by Crippen LogP contribution is -2.51. The molecule has 1 aromatic rings. The van der Waals surface area contributed by atoms with Gasteiger partial charge in [0, 0.05) is 24.9 Å². The first-order valence-corrected chi connectivity index (χ1v) is 11.9. The Morgan fingerprint density at radius 2 is 1.84 bits per heavy atom. The van der Waals surface area contributed by atoms with Crippen LogP contribution in [-0.4, -0.2) is 59.1 Å². The lowest BCUT2D eigenvalue weighted by molar-refractivity contribution is -0.134. The molecule has 0 radical (unpaired) electrons. The molecular weight excluding hydrogens is 428 g/mol. The van der Waals surface area contributed by atoms with Crippen molar-refractivity contribution >= 4 is 34.8 Å². The van der Waals surface area contributed by atoms with Crippen LogP contribution in [0.1, 0.15) is 74.3 Å². The number of likely N-dealkylation sites (N-methyl/N-ethyl adjacent to an activating group) is 1. The van der Waals surface area contributed by atoms with E-state index < -0.39 is 12.0 Å². The Bertz CT molecular complexity index is 900. The lowest BCUT2D eigenvalue weighted by atomic mass is 9.87. The first kappa shape index (κ1) is 25.9. The summed E-state index contributed by atoms with van der Waals surface area (Å²) in [6.07, 6.45) is 4.41. The summed E-state index contributed by atoms with van der Waals surface area (Å²) in [5, 5.41) is 19.1. The topological polar surface area (TPSA) is 98.2 Å². The normalized spacial score (nSPS) is 15.4. The zero-order valence-electron chi connectivity index (χ0n) is 19.6. The van der Waals surface area contributed by atoms with Gasteiger partial charge in [0.25, 0.3) is 0 Å². The van der Waals surface area contributed by atoms with E-state index in [9.17, 15) is 24.6 Å². The van der Waals surface area contributed by atoms with Crippen molar-refractivity contribution in [2.24, 2.45) is 11.3 Å². The molecule has 0 saturated heterocycles. The maximum absolute atomic E-state index is 13.6. The number of carbonyl (C=O) groups is 3. The summed E-state index contributed by atoms with van der Waals surface area (Å²) < 4.78 is 0. The Morgan fingerprint density at radius 1 is 1.22 bits per heavy atom. The number of carboxylic acid groups (broad SMARTS) is 1. The second-order valence-corrected chi connectivity index (χ2v) is 10.4. The van der Waals surface area contributed by atoms with Crippen molar-refractivity contribution in [3.63, 3.8) is 0 Å². The third-order valence-electron chi connectivity index (χ3n) is 5.48. The first-order valence-electron chi connectivity index (χ1n) is 11.1. The zero-order valence-corrected chi connectivity index (χ0v) is 20.4. The van der Waals surface area contributed by atoms with Crippen LogP contribution in [0.5, 0.6) is 0 Å². The second kappa shape index (κ2) is 11.0. The van der Waals surface area contributed by atoms with Crippen LogP contribution < -0.4 is 4.90 Å². The monoisotopic (exact) mass is 462 g/mol. The quantitative estimate of drug-likeness (QED) is 0.604. The Kier molecular flexibility index (Phi) is 8.88. The summed E-state index contributed by atoms with van der Waals surface area (Å²) >= 11 is 1.02.